The molecule has 1 N–H and O–H groups in total. The van der Waals surface area contributed by atoms with Crippen molar-refractivity contribution in [3.63, 3.8) is 0 Å². The number of hydrogen-bond acceptors (Lipinski definition) is 2. The van der Waals surface area contributed by atoms with E-state index in [0.29, 0.717) is 11.6 Å². The first kappa shape index (κ1) is 22.4. The normalized spacial score (nSPS) is 12.9. The number of rotatable bonds is 8. The average molecular weight is 466 g/mol. The van der Waals surface area contributed by atoms with Gasteiger partial charge in [-0.15, -0.1) is 0 Å². The van der Waals surface area contributed by atoms with Gasteiger partial charge < -0.3 is 10.2 Å². The van der Waals surface area contributed by atoms with Crippen molar-refractivity contribution in [1.29, 1.82) is 0 Å². The zero-order valence-corrected chi connectivity index (χ0v) is 18.8. The van der Waals surface area contributed by atoms with Gasteiger partial charge in [-0.1, -0.05) is 64.8 Å². The molecule has 0 aromatic heterocycles. The maximum absolute atomic E-state index is 13.1. The van der Waals surface area contributed by atoms with E-state index < -0.39 is 6.04 Å². The molecule has 28 heavy (non-hydrogen) atoms. The summed E-state index contributed by atoms with van der Waals surface area (Å²) in [6.45, 7) is 6.07. The SMILES string of the molecule is CC[C@@H](C)NC(=O)[C@@H](C)N(Cc1cccc(Br)c1)C(=O)Cc1ccccc1Cl. The van der Waals surface area contributed by atoms with Crippen LogP contribution in [0.2, 0.25) is 5.02 Å². The summed E-state index contributed by atoms with van der Waals surface area (Å²) in [5.74, 6) is -0.295. The molecule has 2 aromatic rings. The summed E-state index contributed by atoms with van der Waals surface area (Å²) in [7, 11) is 0. The predicted molar refractivity (Wildman–Crippen MR) is 117 cm³/mol. The Hall–Kier alpha value is -1.85. The Kier molecular flexibility index (Phi) is 8.52. The van der Waals surface area contributed by atoms with E-state index >= 15 is 0 Å². The second kappa shape index (κ2) is 10.6. The summed E-state index contributed by atoms with van der Waals surface area (Å²) in [6.07, 6.45) is 0.978. The van der Waals surface area contributed by atoms with Gasteiger partial charge in [0.05, 0.1) is 6.42 Å². The average Bonchev–Trinajstić information content (AvgIpc) is 2.67. The van der Waals surface area contributed by atoms with Gasteiger partial charge in [0.2, 0.25) is 11.8 Å². The lowest BCUT2D eigenvalue weighted by Crippen LogP contribution is -2.49. The van der Waals surface area contributed by atoms with Crippen LogP contribution in [0.4, 0.5) is 0 Å². The first-order valence-electron chi connectivity index (χ1n) is 9.39. The van der Waals surface area contributed by atoms with Crippen molar-refractivity contribution in [3.8, 4) is 0 Å². The zero-order valence-electron chi connectivity index (χ0n) is 16.4. The van der Waals surface area contributed by atoms with Crippen LogP contribution in [0.3, 0.4) is 0 Å². The van der Waals surface area contributed by atoms with Crippen molar-refractivity contribution in [1.82, 2.24) is 10.2 Å². The molecule has 2 rings (SSSR count). The molecule has 6 heteroatoms. The topological polar surface area (TPSA) is 49.4 Å². The van der Waals surface area contributed by atoms with Crippen molar-refractivity contribution < 1.29 is 9.59 Å². The Morgan fingerprint density at radius 1 is 1.14 bits per heavy atom. The second-order valence-corrected chi connectivity index (χ2v) is 8.24. The molecule has 2 aromatic carbocycles. The third kappa shape index (κ3) is 6.35. The first-order valence-corrected chi connectivity index (χ1v) is 10.6. The fourth-order valence-electron chi connectivity index (χ4n) is 2.79. The maximum atomic E-state index is 13.1. The number of hydrogen-bond donors (Lipinski definition) is 1. The lowest BCUT2D eigenvalue weighted by Gasteiger charge is -2.30. The van der Waals surface area contributed by atoms with Crippen molar-refractivity contribution in [2.45, 2.75) is 52.2 Å². The summed E-state index contributed by atoms with van der Waals surface area (Å²) in [6, 6.07) is 14.5. The zero-order chi connectivity index (χ0) is 20.7. The van der Waals surface area contributed by atoms with Crippen LogP contribution < -0.4 is 5.32 Å². The molecule has 0 bridgehead atoms. The number of nitrogens with one attached hydrogen (secondary N) is 1. The van der Waals surface area contributed by atoms with Crippen LogP contribution >= 0.6 is 27.5 Å². The Labute approximate surface area is 180 Å². The van der Waals surface area contributed by atoms with E-state index in [0.717, 1.165) is 22.0 Å². The minimum atomic E-state index is -0.594. The van der Waals surface area contributed by atoms with Gasteiger partial charge in [-0.05, 0) is 49.6 Å². The molecule has 0 saturated heterocycles. The first-order chi connectivity index (χ1) is 13.3. The summed E-state index contributed by atoms with van der Waals surface area (Å²) in [4.78, 5) is 27.4. The highest BCUT2D eigenvalue weighted by Crippen LogP contribution is 2.19. The molecule has 0 heterocycles. The molecular weight excluding hydrogens is 440 g/mol. The number of carbonyl (C=O) groups is 2. The second-order valence-electron chi connectivity index (χ2n) is 6.91. The van der Waals surface area contributed by atoms with E-state index in [1.165, 1.54) is 0 Å². The van der Waals surface area contributed by atoms with Crippen molar-refractivity contribution in [2.75, 3.05) is 0 Å². The van der Waals surface area contributed by atoms with E-state index in [-0.39, 0.29) is 24.3 Å². The molecule has 0 aliphatic heterocycles. The molecule has 0 unspecified atom stereocenters. The van der Waals surface area contributed by atoms with Gasteiger partial charge in [0, 0.05) is 22.1 Å². The molecule has 0 fully saturated rings. The fourth-order valence-corrected chi connectivity index (χ4v) is 3.44. The number of halogens is 2. The highest BCUT2D eigenvalue weighted by molar-refractivity contribution is 9.10. The monoisotopic (exact) mass is 464 g/mol. The van der Waals surface area contributed by atoms with E-state index in [1.54, 1.807) is 17.9 Å². The highest BCUT2D eigenvalue weighted by atomic mass is 79.9. The molecule has 2 amide bonds. The molecule has 0 saturated carbocycles. The summed E-state index contributed by atoms with van der Waals surface area (Å²) in [5, 5.41) is 3.52. The minimum Gasteiger partial charge on any atom is -0.352 e. The van der Waals surface area contributed by atoms with Crippen molar-refractivity contribution >= 4 is 39.3 Å². The van der Waals surface area contributed by atoms with Gasteiger partial charge in [0.25, 0.3) is 0 Å². The maximum Gasteiger partial charge on any atom is 0.242 e. The van der Waals surface area contributed by atoms with Crippen LogP contribution in [0.5, 0.6) is 0 Å². The van der Waals surface area contributed by atoms with Crippen LogP contribution in [0.25, 0.3) is 0 Å². The van der Waals surface area contributed by atoms with E-state index in [2.05, 4.69) is 21.2 Å². The Balaban J connectivity index is 2.25. The van der Waals surface area contributed by atoms with E-state index in [1.807, 2.05) is 56.3 Å². The van der Waals surface area contributed by atoms with Gasteiger partial charge in [-0.3, -0.25) is 9.59 Å². The number of nitrogens with zero attached hydrogens (tertiary/aromatic N) is 1. The molecule has 4 nitrogen and oxygen atoms in total. The van der Waals surface area contributed by atoms with Crippen molar-refractivity contribution in [2.24, 2.45) is 0 Å². The number of amides is 2. The fraction of sp³-hybridized carbons (Fsp3) is 0.364. The third-order valence-electron chi connectivity index (χ3n) is 4.71. The van der Waals surface area contributed by atoms with Crippen molar-refractivity contribution in [3.05, 3.63) is 69.2 Å². The van der Waals surface area contributed by atoms with Crippen LogP contribution in [0, 0.1) is 0 Å². The quantitative estimate of drug-likeness (QED) is 0.598. The van der Waals surface area contributed by atoms with Crippen LogP contribution in [0.15, 0.2) is 53.0 Å². The highest BCUT2D eigenvalue weighted by Gasteiger charge is 2.27. The van der Waals surface area contributed by atoms with Gasteiger partial charge >= 0.3 is 0 Å². The van der Waals surface area contributed by atoms with Gasteiger partial charge in [-0.2, -0.15) is 0 Å². The third-order valence-corrected chi connectivity index (χ3v) is 5.57. The molecule has 2 atom stereocenters. The summed E-state index contributed by atoms with van der Waals surface area (Å²) < 4.78 is 0.931. The number of carbonyl (C=O) groups excluding carboxylic acids is 2. The van der Waals surface area contributed by atoms with Gasteiger partial charge in [-0.25, -0.2) is 0 Å². The predicted octanol–water partition coefficient (Wildman–Crippen LogP) is 4.98. The largest absolute Gasteiger partial charge is 0.352 e. The molecule has 0 aliphatic carbocycles. The standard InChI is InChI=1S/C22H26BrClN2O2/c1-4-15(2)25-22(28)16(3)26(14-17-8-7-10-19(23)12-17)21(27)13-18-9-5-6-11-20(18)24/h5-12,15-16H,4,13-14H2,1-3H3,(H,25,28)/t15-,16-/m1/s1. The summed E-state index contributed by atoms with van der Waals surface area (Å²) in [5.41, 5.74) is 1.70. The Morgan fingerprint density at radius 3 is 2.50 bits per heavy atom. The molecule has 0 spiro atoms. The van der Waals surface area contributed by atoms with Gasteiger partial charge in [0.1, 0.15) is 6.04 Å². The van der Waals surface area contributed by atoms with E-state index in [9.17, 15) is 9.59 Å². The summed E-state index contributed by atoms with van der Waals surface area (Å²) >= 11 is 9.69. The van der Waals surface area contributed by atoms with Gasteiger partial charge in [0.15, 0.2) is 0 Å². The molecule has 150 valence electrons. The lowest BCUT2D eigenvalue weighted by molar-refractivity contribution is -0.140. The minimum absolute atomic E-state index is 0.0568. The van der Waals surface area contributed by atoms with Crippen LogP contribution in [-0.4, -0.2) is 28.8 Å². The Bertz CT molecular complexity index is 828. The smallest absolute Gasteiger partial charge is 0.242 e. The number of benzene rings is 2. The van der Waals surface area contributed by atoms with Crippen LogP contribution in [0.1, 0.15) is 38.3 Å². The van der Waals surface area contributed by atoms with Crippen LogP contribution in [-0.2, 0) is 22.6 Å². The molecule has 0 aliphatic rings. The molecule has 0 radical (unpaired) electrons. The van der Waals surface area contributed by atoms with E-state index in [4.69, 9.17) is 11.6 Å². The Morgan fingerprint density at radius 2 is 1.86 bits per heavy atom. The lowest BCUT2D eigenvalue weighted by atomic mass is 10.1. The molecular formula is C22H26BrClN2O2.